The van der Waals surface area contributed by atoms with Gasteiger partial charge in [-0.2, -0.15) is 0 Å². The summed E-state index contributed by atoms with van der Waals surface area (Å²) in [7, 11) is 0. The Balaban J connectivity index is 2.68. The molecule has 90 valence electrons. The van der Waals surface area contributed by atoms with Crippen LogP contribution in [0.2, 0.25) is 0 Å². The first-order chi connectivity index (χ1) is 7.92. The Morgan fingerprint density at radius 2 is 1.94 bits per heavy atom. The van der Waals surface area contributed by atoms with Crippen LogP contribution in [-0.4, -0.2) is 17.6 Å². The minimum absolute atomic E-state index is 0.402. The van der Waals surface area contributed by atoms with Crippen LogP contribution in [0.25, 0.3) is 4.85 Å². The van der Waals surface area contributed by atoms with E-state index in [9.17, 15) is 4.79 Å². The topological polar surface area (TPSA) is 30.7 Å². The van der Waals surface area contributed by atoms with Gasteiger partial charge in [-0.3, -0.25) is 0 Å². The van der Waals surface area contributed by atoms with E-state index in [4.69, 9.17) is 11.3 Å². The zero-order chi connectivity index (χ0) is 12.9. The van der Waals surface area contributed by atoms with E-state index in [-0.39, 0.29) is 0 Å². The highest BCUT2D eigenvalue weighted by atomic mass is 16.6. The summed E-state index contributed by atoms with van der Waals surface area (Å²) in [6, 6.07) is 8.75. The second kappa shape index (κ2) is 5.49. The molecule has 0 aliphatic rings. The van der Waals surface area contributed by atoms with E-state index in [0.29, 0.717) is 6.42 Å². The Morgan fingerprint density at radius 3 is 2.41 bits per heavy atom. The Bertz CT molecular complexity index is 412. The Morgan fingerprint density at radius 1 is 1.35 bits per heavy atom. The van der Waals surface area contributed by atoms with Gasteiger partial charge >= 0.3 is 12.0 Å². The van der Waals surface area contributed by atoms with Gasteiger partial charge in [0.25, 0.3) is 0 Å². The van der Waals surface area contributed by atoms with Gasteiger partial charge in [-0.05, 0) is 26.3 Å². The fourth-order valence-corrected chi connectivity index (χ4v) is 1.39. The molecule has 3 nitrogen and oxygen atoms in total. The summed E-state index contributed by atoms with van der Waals surface area (Å²) in [4.78, 5) is 15.1. The standard InChI is InChI=1S/C14H17NO2/c1-14(2,3)17-13(16)12(15-4)10-11-8-6-5-7-9-11/h5-9,12H,10H2,1-3H3/t12-/m0/s1. The molecule has 0 radical (unpaired) electrons. The lowest BCUT2D eigenvalue weighted by atomic mass is 10.1. The lowest BCUT2D eigenvalue weighted by molar-refractivity contribution is -0.155. The average molecular weight is 231 g/mol. The first-order valence-corrected chi connectivity index (χ1v) is 5.56. The number of rotatable bonds is 3. The SMILES string of the molecule is [C-]#[N+][C@@H](Cc1ccccc1)C(=O)OC(C)(C)C. The summed E-state index contributed by atoms with van der Waals surface area (Å²) in [6.07, 6.45) is 0.402. The number of hydrogen-bond donors (Lipinski definition) is 0. The molecule has 1 atom stereocenters. The second-order valence-corrected chi connectivity index (χ2v) is 4.87. The molecule has 0 bridgehead atoms. The lowest BCUT2D eigenvalue weighted by Crippen LogP contribution is -2.31. The van der Waals surface area contributed by atoms with Crippen molar-refractivity contribution in [1.82, 2.24) is 0 Å². The first-order valence-electron chi connectivity index (χ1n) is 5.56. The maximum atomic E-state index is 11.8. The van der Waals surface area contributed by atoms with E-state index < -0.39 is 17.6 Å². The van der Waals surface area contributed by atoms with Crippen molar-refractivity contribution in [3.63, 3.8) is 0 Å². The van der Waals surface area contributed by atoms with E-state index in [0.717, 1.165) is 5.56 Å². The van der Waals surface area contributed by atoms with Crippen LogP contribution >= 0.6 is 0 Å². The number of nitrogens with zero attached hydrogens (tertiary/aromatic N) is 1. The van der Waals surface area contributed by atoms with E-state index in [1.54, 1.807) is 20.8 Å². The molecule has 0 saturated heterocycles. The Labute approximate surface area is 102 Å². The van der Waals surface area contributed by atoms with E-state index in [1.807, 2.05) is 30.3 Å². The van der Waals surface area contributed by atoms with Gasteiger partial charge in [-0.1, -0.05) is 30.3 Å². The number of ether oxygens (including phenoxy) is 1. The molecule has 0 amide bonds. The number of hydrogen-bond acceptors (Lipinski definition) is 2. The second-order valence-electron chi connectivity index (χ2n) is 4.87. The van der Waals surface area contributed by atoms with Crippen LogP contribution in [0, 0.1) is 6.57 Å². The van der Waals surface area contributed by atoms with Gasteiger partial charge in [-0.25, -0.2) is 11.4 Å². The lowest BCUT2D eigenvalue weighted by Gasteiger charge is -2.19. The van der Waals surface area contributed by atoms with E-state index in [2.05, 4.69) is 4.85 Å². The van der Waals surface area contributed by atoms with Crippen LogP contribution in [0.5, 0.6) is 0 Å². The van der Waals surface area contributed by atoms with Gasteiger partial charge in [0.2, 0.25) is 0 Å². The molecular weight excluding hydrogens is 214 g/mol. The van der Waals surface area contributed by atoms with Gasteiger partial charge in [-0.15, -0.1) is 0 Å². The van der Waals surface area contributed by atoms with Crippen LogP contribution in [0.1, 0.15) is 26.3 Å². The minimum atomic E-state index is -0.753. The molecule has 0 spiro atoms. The van der Waals surface area contributed by atoms with Crippen molar-refractivity contribution in [2.24, 2.45) is 0 Å². The monoisotopic (exact) mass is 231 g/mol. The highest BCUT2D eigenvalue weighted by Gasteiger charge is 2.29. The maximum absolute atomic E-state index is 11.8. The fourth-order valence-electron chi connectivity index (χ4n) is 1.39. The Hall–Kier alpha value is -1.82. The summed E-state index contributed by atoms with van der Waals surface area (Å²) in [5.41, 5.74) is 0.427. The molecule has 17 heavy (non-hydrogen) atoms. The molecule has 0 aliphatic heterocycles. The van der Waals surface area contributed by atoms with Crippen LogP contribution in [0.3, 0.4) is 0 Å². The largest absolute Gasteiger partial charge is 0.454 e. The maximum Gasteiger partial charge on any atom is 0.391 e. The molecule has 0 heterocycles. The average Bonchev–Trinajstić information content (AvgIpc) is 2.24. The van der Waals surface area contributed by atoms with Gasteiger partial charge in [0, 0.05) is 0 Å². The molecule has 0 saturated carbocycles. The van der Waals surface area contributed by atoms with Crippen LogP contribution in [0.4, 0.5) is 0 Å². The molecule has 1 aromatic carbocycles. The fraction of sp³-hybridized carbons (Fsp3) is 0.429. The summed E-state index contributed by atoms with van der Waals surface area (Å²) < 4.78 is 5.21. The molecular formula is C14H17NO2. The zero-order valence-electron chi connectivity index (χ0n) is 10.4. The van der Waals surface area contributed by atoms with Gasteiger partial charge in [0.05, 0.1) is 6.42 Å². The smallest absolute Gasteiger partial charge is 0.391 e. The number of carbonyl (C=O) groups excluding carboxylic acids is 1. The molecule has 0 N–H and O–H groups in total. The predicted molar refractivity (Wildman–Crippen MR) is 66.4 cm³/mol. The molecule has 0 aliphatic carbocycles. The molecule has 1 aromatic rings. The molecule has 3 heteroatoms. The third-order valence-electron chi connectivity index (χ3n) is 2.11. The van der Waals surface area contributed by atoms with Crippen LogP contribution in [0.15, 0.2) is 30.3 Å². The van der Waals surface area contributed by atoms with Gasteiger partial charge in [0.1, 0.15) is 5.60 Å². The normalized spacial score (nSPS) is 12.6. The molecule has 0 aromatic heterocycles. The Kier molecular flexibility index (Phi) is 4.28. The van der Waals surface area contributed by atoms with Gasteiger partial charge in [0.15, 0.2) is 0 Å². The summed E-state index contributed by atoms with van der Waals surface area (Å²) in [5, 5.41) is 0. The van der Waals surface area contributed by atoms with Crippen molar-refractivity contribution in [3.8, 4) is 0 Å². The minimum Gasteiger partial charge on any atom is -0.454 e. The van der Waals surface area contributed by atoms with Crippen molar-refractivity contribution in [3.05, 3.63) is 47.3 Å². The molecule has 1 rings (SSSR count). The summed E-state index contributed by atoms with van der Waals surface area (Å²) in [6.45, 7) is 12.5. The molecule has 0 unspecified atom stereocenters. The van der Waals surface area contributed by atoms with Gasteiger partial charge < -0.3 is 9.58 Å². The highest BCUT2D eigenvalue weighted by Crippen LogP contribution is 2.13. The highest BCUT2D eigenvalue weighted by molar-refractivity contribution is 5.78. The molecule has 0 fully saturated rings. The first kappa shape index (κ1) is 13.2. The van der Waals surface area contributed by atoms with Crippen molar-refractivity contribution >= 4 is 5.97 Å². The third kappa shape index (κ3) is 4.69. The number of esters is 1. The van der Waals surface area contributed by atoms with Crippen molar-refractivity contribution in [2.45, 2.75) is 38.8 Å². The van der Waals surface area contributed by atoms with E-state index in [1.165, 1.54) is 0 Å². The number of carbonyl (C=O) groups is 1. The summed E-state index contributed by atoms with van der Waals surface area (Å²) >= 11 is 0. The van der Waals surface area contributed by atoms with Crippen molar-refractivity contribution in [2.75, 3.05) is 0 Å². The van der Waals surface area contributed by atoms with Crippen LogP contribution in [-0.2, 0) is 16.0 Å². The zero-order valence-corrected chi connectivity index (χ0v) is 10.4. The third-order valence-corrected chi connectivity index (χ3v) is 2.11. The quantitative estimate of drug-likeness (QED) is 0.591. The van der Waals surface area contributed by atoms with E-state index >= 15 is 0 Å². The number of benzene rings is 1. The van der Waals surface area contributed by atoms with Crippen LogP contribution < -0.4 is 0 Å². The van der Waals surface area contributed by atoms with Crippen molar-refractivity contribution < 1.29 is 9.53 Å². The van der Waals surface area contributed by atoms with Crippen molar-refractivity contribution in [1.29, 1.82) is 0 Å². The predicted octanol–water partition coefficient (Wildman–Crippen LogP) is 2.86. The summed E-state index contributed by atoms with van der Waals surface area (Å²) in [5.74, 6) is -0.448.